The van der Waals surface area contributed by atoms with Crippen LogP contribution in [0.5, 0.6) is 11.5 Å². The van der Waals surface area contributed by atoms with Crippen molar-refractivity contribution < 1.29 is 14.6 Å². The number of primary amides is 1. The first-order valence-electron chi connectivity index (χ1n) is 6.58. The lowest BCUT2D eigenvalue weighted by molar-refractivity contribution is 0.100. The number of amides is 1. The van der Waals surface area contributed by atoms with Gasteiger partial charge < -0.3 is 15.6 Å². The highest BCUT2D eigenvalue weighted by Gasteiger charge is 2.16. The Morgan fingerprint density at radius 2 is 2.00 bits per heavy atom. The summed E-state index contributed by atoms with van der Waals surface area (Å²) in [7, 11) is 0. The van der Waals surface area contributed by atoms with E-state index in [1.54, 1.807) is 36.4 Å². The molecule has 1 amide bonds. The number of halogens is 2. The van der Waals surface area contributed by atoms with Gasteiger partial charge in [0.1, 0.15) is 23.0 Å². The fourth-order valence-corrected chi connectivity index (χ4v) is 3.56. The van der Waals surface area contributed by atoms with E-state index >= 15 is 0 Å². The molecule has 0 aliphatic carbocycles. The predicted octanol–water partition coefficient (Wildman–Crippen LogP) is 4.59. The maximum Gasteiger partial charge on any atom is 0.262 e. The second-order valence-electron chi connectivity index (χ2n) is 4.83. The first-order chi connectivity index (χ1) is 11.0. The van der Waals surface area contributed by atoms with Crippen LogP contribution >= 0.6 is 34.5 Å². The minimum atomic E-state index is -0.654. The van der Waals surface area contributed by atoms with Crippen molar-refractivity contribution in [1.82, 2.24) is 0 Å². The lowest BCUT2D eigenvalue weighted by atomic mass is 10.2. The van der Waals surface area contributed by atoms with Crippen LogP contribution in [0.2, 0.25) is 10.0 Å². The Morgan fingerprint density at radius 3 is 2.70 bits per heavy atom. The van der Waals surface area contributed by atoms with Gasteiger partial charge in [-0.25, -0.2) is 0 Å². The third-order valence-electron chi connectivity index (χ3n) is 3.27. The van der Waals surface area contributed by atoms with Crippen LogP contribution < -0.4 is 10.5 Å². The fourth-order valence-electron chi connectivity index (χ4n) is 2.12. The average Bonchev–Trinajstić information content (AvgIpc) is 2.83. The highest BCUT2D eigenvalue weighted by atomic mass is 35.5. The highest BCUT2D eigenvalue weighted by Crippen LogP contribution is 2.38. The number of carbonyl (C=O) groups is 1. The second-order valence-corrected chi connectivity index (χ2v) is 6.72. The molecule has 3 rings (SSSR count). The zero-order chi connectivity index (χ0) is 16.6. The van der Waals surface area contributed by atoms with Gasteiger partial charge in [0.25, 0.3) is 5.91 Å². The van der Waals surface area contributed by atoms with Gasteiger partial charge >= 0.3 is 0 Å². The van der Waals surface area contributed by atoms with Crippen LogP contribution in [0, 0.1) is 0 Å². The summed E-state index contributed by atoms with van der Waals surface area (Å²) in [5.41, 5.74) is 6.04. The summed E-state index contributed by atoms with van der Waals surface area (Å²) in [6, 6.07) is 10.3. The Kier molecular flexibility index (Phi) is 4.35. The quantitative estimate of drug-likeness (QED) is 0.707. The molecule has 7 heteroatoms. The van der Waals surface area contributed by atoms with E-state index in [2.05, 4.69) is 0 Å². The molecule has 0 radical (unpaired) electrons. The topological polar surface area (TPSA) is 72.6 Å². The van der Waals surface area contributed by atoms with Crippen molar-refractivity contribution in [2.45, 2.75) is 6.61 Å². The number of thiophene rings is 1. The molecule has 0 fully saturated rings. The first-order valence-corrected chi connectivity index (χ1v) is 8.15. The molecular formula is C16H11Cl2NO3S. The number of aromatic hydroxyl groups is 1. The van der Waals surface area contributed by atoms with Crippen LogP contribution in [-0.4, -0.2) is 11.0 Å². The number of hydrogen-bond acceptors (Lipinski definition) is 4. The smallest absolute Gasteiger partial charge is 0.262 e. The molecule has 0 aliphatic heterocycles. The zero-order valence-electron chi connectivity index (χ0n) is 11.7. The van der Waals surface area contributed by atoms with Gasteiger partial charge in [0.15, 0.2) is 0 Å². The molecule has 3 aromatic rings. The maximum absolute atomic E-state index is 11.3. The lowest BCUT2D eigenvalue weighted by Gasteiger charge is -2.08. The van der Waals surface area contributed by atoms with Gasteiger partial charge in [0.05, 0.1) is 0 Å². The third kappa shape index (κ3) is 3.22. The molecule has 0 saturated heterocycles. The number of carbonyl (C=O) groups excluding carboxylic acids is 1. The number of nitrogens with two attached hydrogens (primary N) is 1. The van der Waals surface area contributed by atoms with Crippen LogP contribution in [-0.2, 0) is 6.61 Å². The molecule has 1 heterocycles. The van der Waals surface area contributed by atoms with Gasteiger partial charge in [-0.05, 0) is 30.3 Å². The summed E-state index contributed by atoms with van der Waals surface area (Å²) in [6.07, 6.45) is 0. The molecule has 3 N–H and O–H groups in total. The number of rotatable bonds is 4. The van der Waals surface area contributed by atoms with E-state index in [9.17, 15) is 9.90 Å². The fraction of sp³-hybridized carbons (Fsp3) is 0.0625. The summed E-state index contributed by atoms with van der Waals surface area (Å²) in [4.78, 5) is 11.4. The molecule has 4 nitrogen and oxygen atoms in total. The molecule has 0 bridgehead atoms. The Bertz CT molecular complexity index is 908. The van der Waals surface area contributed by atoms with Gasteiger partial charge in [-0.1, -0.05) is 29.3 Å². The molecular weight excluding hydrogens is 357 g/mol. The summed E-state index contributed by atoms with van der Waals surface area (Å²) in [6.45, 7) is 0.279. The number of ether oxygens (including phenoxy) is 1. The van der Waals surface area contributed by atoms with Crippen LogP contribution in [0.25, 0.3) is 10.1 Å². The zero-order valence-corrected chi connectivity index (χ0v) is 14.0. The predicted molar refractivity (Wildman–Crippen MR) is 92.8 cm³/mol. The Morgan fingerprint density at radius 1 is 1.22 bits per heavy atom. The van der Waals surface area contributed by atoms with E-state index in [0.29, 0.717) is 21.2 Å². The van der Waals surface area contributed by atoms with Crippen molar-refractivity contribution in [2.24, 2.45) is 5.73 Å². The Hall–Kier alpha value is -1.95. The number of fused-ring (bicyclic) bond motifs is 1. The minimum absolute atomic E-state index is 0.0928. The van der Waals surface area contributed by atoms with Crippen LogP contribution in [0.4, 0.5) is 0 Å². The molecule has 0 aliphatic rings. The van der Waals surface area contributed by atoms with E-state index in [1.165, 1.54) is 0 Å². The van der Waals surface area contributed by atoms with E-state index in [1.807, 2.05) is 0 Å². The van der Waals surface area contributed by atoms with E-state index in [-0.39, 0.29) is 17.2 Å². The van der Waals surface area contributed by atoms with Crippen molar-refractivity contribution in [3.05, 3.63) is 56.9 Å². The van der Waals surface area contributed by atoms with Gasteiger partial charge in [-0.15, -0.1) is 11.3 Å². The summed E-state index contributed by atoms with van der Waals surface area (Å²) < 4.78 is 6.43. The molecule has 0 unspecified atom stereocenters. The van der Waals surface area contributed by atoms with Gasteiger partial charge in [-0.2, -0.15) is 0 Å². The molecule has 23 heavy (non-hydrogen) atoms. The van der Waals surface area contributed by atoms with Crippen LogP contribution in [0.1, 0.15) is 15.2 Å². The molecule has 1 aromatic heterocycles. The Balaban J connectivity index is 1.85. The maximum atomic E-state index is 11.3. The molecule has 118 valence electrons. The Labute approximate surface area is 146 Å². The minimum Gasteiger partial charge on any atom is -0.506 e. The molecule has 0 saturated carbocycles. The second kappa shape index (κ2) is 6.28. The number of hydrogen-bond donors (Lipinski definition) is 2. The van der Waals surface area contributed by atoms with Gasteiger partial charge in [0.2, 0.25) is 0 Å². The summed E-state index contributed by atoms with van der Waals surface area (Å²) in [5.74, 6) is -0.148. The van der Waals surface area contributed by atoms with E-state index < -0.39 is 5.91 Å². The first kappa shape index (κ1) is 15.9. The molecule has 0 spiro atoms. The van der Waals surface area contributed by atoms with E-state index in [0.717, 1.165) is 21.6 Å². The van der Waals surface area contributed by atoms with Crippen molar-refractivity contribution in [3.8, 4) is 11.5 Å². The number of benzene rings is 2. The van der Waals surface area contributed by atoms with Gasteiger partial charge in [-0.3, -0.25) is 4.79 Å². The SMILES string of the molecule is NC(=O)c1sc2cc(OCc3ccc(Cl)cc3Cl)ccc2c1O. The monoisotopic (exact) mass is 367 g/mol. The van der Waals surface area contributed by atoms with Crippen molar-refractivity contribution in [3.63, 3.8) is 0 Å². The van der Waals surface area contributed by atoms with E-state index in [4.69, 9.17) is 33.7 Å². The normalized spacial score (nSPS) is 10.9. The standard InChI is InChI=1S/C16H11Cl2NO3S/c17-9-2-1-8(12(18)5-9)7-22-10-3-4-11-13(6-10)23-15(14(11)20)16(19)21/h1-6,20H,7H2,(H2,19,21). The largest absolute Gasteiger partial charge is 0.506 e. The van der Waals surface area contributed by atoms with Crippen LogP contribution in [0.3, 0.4) is 0 Å². The highest BCUT2D eigenvalue weighted by molar-refractivity contribution is 7.21. The average molecular weight is 368 g/mol. The molecule has 2 aromatic carbocycles. The third-order valence-corrected chi connectivity index (χ3v) is 5.01. The van der Waals surface area contributed by atoms with Gasteiger partial charge in [0, 0.05) is 25.7 Å². The summed E-state index contributed by atoms with van der Waals surface area (Å²) in [5, 5.41) is 11.6. The summed E-state index contributed by atoms with van der Waals surface area (Å²) >= 11 is 13.1. The molecule has 0 atom stereocenters. The van der Waals surface area contributed by atoms with Crippen molar-refractivity contribution in [2.75, 3.05) is 0 Å². The van der Waals surface area contributed by atoms with Crippen molar-refractivity contribution >= 4 is 50.5 Å². The van der Waals surface area contributed by atoms with Crippen molar-refractivity contribution in [1.29, 1.82) is 0 Å². The van der Waals surface area contributed by atoms with Crippen LogP contribution in [0.15, 0.2) is 36.4 Å². The lowest BCUT2D eigenvalue weighted by Crippen LogP contribution is -2.08.